The number of benzene rings is 3. The third-order valence-electron chi connectivity index (χ3n) is 7.27. The van der Waals surface area contributed by atoms with Crippen LogP contribution < -0.4 is 35.9 Å². The highest BCUT2D eigenvalue weighted by atomic mass is 35.5. The molecule has 2 aliphatic heterocycles. The molecule has 0 bridgehead atoms. The fourth-order valence-corrected chi connectivity index (χ4v) is 5.41. The molecule has 0 amide bonds. The summed E-state index contributed by atoms with van der Waals surface area (Å²) < 4.78 is 25.3. The van der Waals surface area contributed by atoms with Crippen LogP contribution in [0.1, 0.15) is 42.0 Å². The van der Waals surface area contributed by atoms with E-state index in [1.807, 2.05) is 6.07 Å². The number of aromatic nitrogens is 1. The largest absolute Gasteiger partial charge is 1.00 e. The molecule has 1 aromatic heterocycles. The fraction of sp³-hybridized carbons (Fsp3) is 0.300. The summed E-state index contributed by atoms with van der Waals surface area (Å²) in [5.74, 6) is 3.69. The second-order valence-corrected chi connectivity index (χ2v) is 9.60. The van der Waals surface area contributed by atoms with Crippen molar-refractivity contribution in [3.05, 3.63) is 77.0 Å². The van der Waals surface area contributed by atoms with E-state index in [0.29, 0.717) is 5.92 Å². The Bertz CT molecular complexity index is 1450. The maximum absolute atomic E-state index is 5.84. The van der Waals surface area contributed by atoms with Crippen LogP contribution in [0.5, 0.6) is 23.0 Å². The summed E-state index contributed by atoms with van der Waals surface area (Å²) in [6.45, 7) is 5.63. The SMILES string of the molecule is COc1ccc2c(Cc3ccc(C(C)C)cc3)c3[n+](cc2c1OC)CCc1cc2c(cc1-3)OCO2.[Cl-]. The van der Waals surface area contributed by atoms with Crippen molar-refractivity contribution in [3.63, 3.8) is 0 Å². The van der Waals surface area contributed by atoms with Crippen LogP contribution in [0.25, 0.3) is 22.0 Å². The number of rotatable bonds is 5. The monoisotopic (exact) mass is 503 g/mol. The number of nitrogens with zero attached hydrogens (tertiary/aromatic N) is 1. The Labute approximate surface area is 218 Å². The summed E-state index contributed by atoms with van der Waals surface area (Å²) in [4.78, 5) is 0. The van der Waals surface area contributed by atoms with Crippen LogP contribution in [0.2, 0.25) is 0 Å². The molecule has 3 aromatic carbocycles. The lowest BCUT2D eigenvalue weighted by Crippen LogP contribution is -3.00. The standard InChI is InChI=1S/C30H30NO4.ClH/c1-18(2)20-7-5-19(6-8-20)13-24-22-9-10-26(32-3)30(33-4)25(22)16-31-12-11-21-14-27-28(35-17-34-27)15-23(21)29(24)31;/h5-10,14-16,18H,11-13,17H2,1-4H3;1H/q+1;/p-1. The van der Waals surface area contributed by atoms with Gasteiger partial charge in [0.05, 0.1) is 25.2 Å². The number of fused-ring (bicyclic) bond motifs is 5. The van der Waals surface area contributed by atoms with Crippen LogP contribution >= 0.6 is 0 Å². The second kappa shape index (κ2) is 9.55. The van der Waals surface area contributed by atoms with Crippen molar-refractivity contribution < 1.29 is 35.9 Å². The maximum atomic E-state index is 5.84. The molecule has 3 heterocycles. The normalized spacial score (nSPS) is 13.2. The lowest BCUT2D eigenvalue weighted by Gasteiger charge is -2.21. The first-order valence-electron chi connectivity index (χ1n) is 12.2. The zero-order valence-corrected chi connectivity index (χ0v) is 21.8. The molecule has 0 radical (unpaired) electrons. The van der Waals surface area contributed by atoms with E-state index in [1.54, 1.807) is 14.2 Å². The van der Waals surface area contributed by atoms with Crippen molar-refractivity contribution in [1.29, 1.82) is 0 Å². The summed E-state index contributed by atoms with van der Waals surface area (Å²) in [7, 11) is 3.40. The van der Waals surface area contributed by atoms with Crippen LogP contribution in [0.3, 0.4) is 0 Å². The first-order chi connectivity index (χ1) is 17.1. The Kier molecular flexibility index (Phi) is 6.44. The summed E-state index contributed by atoms with van der Waals surface area (Å²) in [5.41, 5.74) is 7.66. The summed E-state index contributed by atoms with van der Waals surface area (Å²) in [6.07, 6.45) is 3.96. The number of halogens is 1. The van der Waals surface area contributed by atoms with Gasteiger partial charge in [0, 0.05) is 23.8 Å². The molecule has 0 fully saturated rings. The lowest BCUT2D eigenvalue weighted by atomic mass is 9.88. The Balaban J connectivity index is 0.00000267. The predicted octanol–water partition coefficient (Wildman–Crippen LogP) is 2.81. The molecule has 0 aliphatic carbocycles. The molecular formula is C30H30ClNO4. The van der Waals surface area contributed by atoms with Gasteiger partial charge in [-0.2, -0.15) is 4.57 Å². The van der Waals surface area contributed by atoms with Crippen molar-refractivity contribution in [2.75, 3.05) is 21.0 Å². The van der Waals surface area contributed by atoms with Gasteiger partial charge < -0.3 is 31.4 Å². The van der Waals surface area contributed by atoms with Gasteiger partial charge in [-0.25, -0.2) is 0 Å². The smallest absolute Gasteiger partial charge is 0.231 e. The molecule has 4 aromatic rings. The van der Waals surface area contributed by atoms with E-state index >= 15 is 0 Å². The van der Waals surface area contributed by atoms with Gasteiger partial charge >= 0.3 is 0 Å². The minimum Gasteiger partial charge on any atom is -1.00 e. The Hall–Kier alpha value is -3.44. The Morgan fingerprint density at radius 3 is 2.36 bits per heavy atom. The number of aryl methyl sites for hydroxylation is 2. The van der Waals surface area contributed by atoms with E-state index in [-0.39, 0.29) is 19.2 Å². The van der Waals surface area contributed by atoms with Gasteiger partial charge in [0.15, 0.2) is 35.7 Å². The fourth-order valence-electron chi connectivity index (χ4n) is 5.41. The molecule has 6 rings (SSSR count). The first kappa shape index (κ1) is 24.3. The zero-order valence-electron chi connectivity index (χ0n) is 21.1. The van der Waals surface area contributed by atoms with Crippen molar-refractivity contribution in [2.45, 2.75) is 39.2 Å². The molecule has 5 nitrogen and oxygen atoms in total. The number of methoxy groups -OCH3 is 2. The van der Waals surface area contributed by atoms with Gasteiger partial charge in [0.1, 0.15) is 0 Å². The molecule has 2 aliphatic rings. The van der Waals surface area contributed by atoms with E-state index in [4.69, 9.17) is 18.9 Å². The molecule has 36 heavy (non-hydrogen) atoms. The topological polar surface area (TPSA) is 40.8 Å². The molecule has 0 spiro atoms. The summed E-state index contributed by atoms with van der Waals surface area (Å²) in [5, 5.41) is 2.24. The average Bonchev–Trinajstić information content (AvgIpc) is 3.34. The van der Waals surface area contributed by atoms with Crippen molar-refractivity contribution in [3.8, 4) is 34.3 Å². The number of pyridine rings is 1. The molecule has 6 heteroatoms. The van der Waals surface area contributed by atoms with Gasteiger partial charge in [-0.3, -0.25) is 0 Å². The minimum absolute atomic E-state index is 0. The molecule has 0 unspecified atom stereocenters. The molecule has 0 saturated heterocycles. The highest BCUT2D eigenvalue weighted by Crippen LogP contribution is 2.44. The highest BCUT2D eigenvalue weighted by molar-refractivity contribution is 5.95. The van der Waals surface area contributed by atoms with Gasteiger partial charge in [-0.15, -0.1) is 0 Å². The van der Waals surface area contributed by atoms with E-state index in [2.05, 4.69) is 67.1 Å². The molecule has 0 N–H and O–H groups in total. The number of hydrogen-bond acceptors (Lipinski definition) is 4. The van der Waals surface area contributed by atoms with E-state index < -0.39 is 0 Å². The lowest BCUT2D eigenvalue weighted by molar-refractivity contribution is -0.686. The number of ether oxygens (including phenoxy) is 4. The molecule has 0 saturated carbocycles. The van der Waals surface area contributed by atoms with E-state index in [1.165, 1.54) is 38.9 Å². The van der Waals surface area contributed by atoms with Crippen LogP contribution in [-0.2, 0) is 19.4 Å². The van der Waals surface area contributed by atoms with Crippen LogP contribution in [-0.4, -0.2) is 21.0 Å². The number of hydrogen-bond donors (Lipinski definition) is 0. The van der Waals surface area contributed by atoms with Crippen molar-refractivity contribution in [2.24, 2.45) is 0 Å². The second-order valence-electron chi connectivity index (χ2n) is 9.60. The first-order valence-corrected chi connectivity index (χ1v) is 12.2. The minimum atomic E-state index is 0. The van der Waals surface area contributed by atoms with E-state index in [9.17, 15) is 0 Å². The third kappa shape index (κ3) is 3.92. The van der Waals surface area contributed by atoms with Gasteiger partial charge in [0.2, 0.25) is 12.5 Å². The van der Waals surface area contributed by atoms with Gasteiger partial charge in [0.25, 0.3) is 0 Å². The van der Waals surface area contributed by atoms with Crippen molar-refractivity contribution in [1.82, 2.24) is 0 Å². The third-order valence-corrected chi connectivity index (χ3v) is 7.27. The van der Waals surface area contributed by atoms with Crippen LogP contribution in [0.4, 0.5) is 0 Å². The zero-order chi connectivity index (χ0) is 24.1. The highest BCUT2D eigenvalue weighted by Gasteiger charge is 2.32. The van der Waals surface area contributed by atoms with Gasteiger partial charge in [-0.1, -0.05) is 38.1 Å². The maximum Gasteiger partial charge on any atom is 0.231 e. The Morgan fingerprint density at radius 2 is 1.67 bits per heavy atom. The van der Waals surface area contributed by atoms with E-state index in [0.717, 1.165) is 47.8 Å². The molecule has 186 valence electrons. The van der Waals surface area contributed by atoms with Crippen LogP contribution in [0, 0.1) is 0 Å². The van der Waals surface area contributed by atoms with Crippen LogP contribution in [0.15, 0.2) is 54.7 Å². The predicted molar refractivity (Wildman–Crippen MR) is 136 cm³/mol. The summed E-state index contributed by atoms with van der Waals surface area (Å²) >= 11 is 0. The van der Waals surface area contributed by atoms with Gasteiger partial charge in [-0.05, 0) is 46.9 Å². The quantitative estimate of drug-likeness (QED) is 0.393. The molecular weight excluding hydrogens is 474 g/mol. The molecule has 0 atom stereocenters. The Morgan fingerprint density at radius 1 is 0.917 bits per heavy atom. The summed E-state index contributed by atoms with van der Waals surface area (Å²) in [6, 6.07) is 17.5. The van der Waals surface area contributed by atoms with Crippen molar-refractivity contribution >= 4 is 10.8 Å². The average molecular weight is 504 g/mol.